The number of rotatable bonds is 2. The highest BCUT2D eigenvalue weighted by molar-refractivity contribution is 7.10. The van der Waals surface area contributed by atoms with Crippen LogP contribution in [0.1, 0.15) is 47.0 Å². The Morgan fingerprint density at radius 1 is 1.22 bits per heavy atom. The summed E-state index contributed by atoms with van der Waals surface area (Å²) >= 11 is 1.78. The van der Waals surface area contributed by atoms with Crippen LogP contribution in [0.5, 0.6) is 0 Å². The summed E-state index contributed by atoms with van der Waals surface area (Å²) in [7, 11) is 0. The van der Waals surface area contributed by atoms with Crippen LogP contribution in [0.3, 0.4) is 0 Å². The topological polar surface area (TPSA) is 38.8 Å². The number of carbonyl (C=O) groups excluding carboxylic acids is 1. The zero-order chi connectivity index (χ0) is 15.8. The second-order valence-electron chi connectivity index (χ2n) is 7.14. The van der Waals surface area contributed by atoms with Crippen LogP contribution in [0.4, 0.5) is 0 Å². The fourth-order valence-corrected chi connectivity index (χ4v) is 5.29. The number of fused-ring (bicyclic) bond motifs is 1. The average Bonchev–Trinajstić information content (AvgIpc) is 3.23. The van der Waals surface area contributed by atoms with E-state index in [-0.39, 0.29) is 12.2 Å². The van der Waals surface area contributed by atoms with Gasteiger partial charge in [0.25, 0.3) is 5.91 Å². The highest BCUT2D eigenvalue weighted by Gasteiger charge is 2.33. The molecule has 0 N–H and O–H groups in total. The molecule has 0 bridgehead atoms. The van der Waals surface area contributed by atoms with E-state index >= 15 is 0 Å². The van der Waals surface area contributed by atoms with Gasteiger partial charge in [0.15, 0.2) is 6.29 Å². The number of amides is 1. The molecule has 3 aliphatic rings. The zero-order valence-corrected chi connectivity index (χ0v) is 14.6. The van der Waals surface area contributed by atoms with E-state index in [0.29, 0.717) is 19.1 Å². The molecule has 5 heteroatoms. The van der Waals surface area contributed by atoms with Crippen LogP contribution in [0.2, 0.25) is 0 Å². The average molecular weight is 335 g/mol. The van der Waals surface area contributed by atoms with Crippen molar-refractivity contribution in [1.29, 1.82) is 0 Å². The van der Waals surface area contributed by atoms with Gasteiger partial charge >= 0.3 is 0 Å². The van der Waals surface area contributed by atoms with Gasteiger partial charge in [0, 0.05) is 29.3 Å². The standard InChI is InChI=1S/C18H25NO3S/c1-12-2-3-14-15(11-23-16(14)10-12)17(20)19-6-4-13(5-7-19)18-21-8-9-22-18/h11-13,18H,2-10H2,1H3. The number of hydrogen-bond acceptors (Lipinski definition) is 4. The zero-order valence-electron chi connectivity index (χ0n) is 13.8. The fraction of sp³-hybridized carbons (Fsp3) is 0.722. The molecule has 2 fully saturated rings. The third kappa shape index (κ3) is 3.06. The molecule has 1 aromatic heterocycles. The van der Waals surface area contributed by atoms with E-state index in [1.54, 1.807) is 11.3 Å². The highest BCUT2D eigenvalue weighted by Crippen LogP contribution is 2.34. The van der Waals surface area contributed by atoms with Crippen LogP contribution >= 0.6 is 11.3 Å². The van der Waals surface area contributed by atoms with Crippen molar-refractivity contribution in [3.05, 3.63) is 21.4 Å². The molecule has 1 aliphatic carbocycles. The van der Waals surface area contributed by atoms with Crippen molar-refractivity contribution in [2.24, 2.45) is 11.8 Å². The molecule has 0 saturated carbocycles. The van der Waals surface area contributed by atoms with Crippen molar-refractivity contribution in [2.45, 2.75) is 45.3 Å². The number of carbonyl (C=O) groups is 1. The molecule has 1 atom stereocenters. The second kappa shape index (κ2) is 6.54. The van der Waals surface area contributed by atoms with E-state index in [1.165, 1.54) is 16.9 Å². The summed E-state index contributed by atoms with van der Waals surface area (Å²) < 4.78 is 11.2. The van der Waals surface area contributed by atoms with Crippen molar-refractivity contribution in [1.82, 2.24) is 4.90 Å². The Bertz CT molecular complexity index is 571. The molecule has 0 spiro atoms. The summed E-state index contributed by atoms with van der Waals surface area (Å²) in [6, 6.07) is 0. The van der Waals surface area contributed by atoms with Crippen molar-refractivity contribution in [2.75, 3.05) is 26.3 Å². The summed E-state index contributed by atoms with van der Waals surface area (Å²) in [6.45, 7) is 5.39. The van der Waals surface area contributed by atoms with Gasteiger partial charge in [-0.05, 0) is 43.6 Å². The Hall–Kier alpha value is -0.910. The first-order valence-electron chi connectivity index (χ1n) is 8.84. The van der Waals surface area contributed by atoms with Gasteiger partial charge in [-0.15, -0.1) is 11.3 Å². The number of hydrogen-bond donors (Lipinski definition) is 0. The van der Waals surface area contributed by atoms with Crippen molar-refractivity contribution < 1.29 is 14.3 Å². The molecule has 3 heterocycles. The summed E-state index contributed by atoms with van der Waals surface area (Å²) in [5, 5.41) is 2.10. The maximum atomic E-state index is 12.9. The van der Waals surface area contributed by atoms with E-state index in [0.717, 1.165) is 50.3 Å². The van der Waals surface area contributed by atoms with Gasteiger partial charge in [-0.3, -0.25) is 4.79 Å². The number of likely N-dealkylation sites (tertiary alicyclic amines) is 1. The molecular formula is C18H25NO3S. The molecule has 0 radical (unpaired) electrons. The molecule has 23 heavy (non-hydrogen) atoms. The monoisotopic (exact) mass is 335 g/mol. The molecule has 1 aromatic rings. The third-order valence-electron chi connectivity index (χ3n) is 5.49. The molecule has 4 rings (SSSR count). The third-order valence-corrected chi connectivity index (χ3v) is 6.54. The van der Waals surface area contributed by atoms with Crippen LogP contribution in [0.25, 0.3) is 0 Å². The van der Waals surface area contributed by atoms with Gasteiger partial charge in [-0.25, -0.2) is 0 Å². The lowest BCUT2D eigenvalue weighted by molar-refractivity contribution is -0.0956. The first kappa shape index (κ1) is 15.6. The van der Waals surface area contributed by atoms with Gasteiger partial charge in [-0.2, -0.15) is 0 Å². The number of nitrogens with zero attached hydrogens (tertiary/aromatic N) is 1. The van der Waals surface area contributed by atoms with E-state index in [9.17, 15) is 4.79 Å². The summed E-state index contributed by atoms with van der Waals surface area (Å²) in [5.74, 6) is 1.44. The van der Waals surface area contributed by atoms with Crippen LogP contribution in [-0.2, 0) is 22.3 Å². The molecule has 0 aromatic carbocycles. The summed E-state index contributed by atoms with van der Waals surface area (Å²) in [6.07, 6.45) is 5.36. The molecular weight excluding hydrogens is 310 g/mol. The molecule has 4 nitrogen and oxygen atoms in total. The van der Waals surface area contributed by atoms with Crippen LogP contribution in [0.15, 0.2) is 5.38 Å². The van der Waals surface area contributed by atoms with Gasteiger partial charge in [0.1, 0.15) is 0 Å². The van der Waals surface area contributed by atoms with Crippen molar-refractivity contribution >= 4 is 17.2 Å². The largest absolute Gasteiger partial charge is 0.350 e. The lowest BCUT2D eigenvalue weighted by atomic mass is 9.88. The van der Waals surface area contributed by atoms with Crippen LogP contribution in [0, 0.1) is 11.8 Å². The minimum atomic E-state index is -0.0392. The lowest BCUT2D eigenvalue weighted by Gasteiger charge is -2.34. The number of thiophene rings is 1. The molecule has 2 saturated heterocycles. The van der Waals surface area contributed by atoms with Gasteiger partial charge < -0.3 is 14.4 Å². The Balaban J connectivity index is 1.40. The summed E-state index contributed by atoms with van der Waals surface area (Å²) in [4.78, 5) is 16.4. The van der Waals surface area contributed by atoms with E-state index in [1.807, 2.05) is 4.90 Å². The Morgan fingerprint density at radius 2 is 1.96 bits per heavy atom. The molecule has 1 unspecified atom stereocenters. The number of piperidine rings is 1. The lowest BCUT2D eigenvalue weighted by Crippen LogP contribution is -2.41. The minimum absolute atomic E-state index is 0.0392. The van der Waals surface area contributed by atoms with Gasteiger partial charge in [0.2, 0.25) is 0 Å². The Morgan fingerprint density at radius 3 is 2.70 bits per heavy atom. The smallest absolute Gasteiger partial charge is 0.254 e. The van der Waals surface area contributed by atoms with E-state index in [4.69, 9.17) is 9.47 Å². The second-order valence-corrected chi connectivity index (χ2v) is 8.10. The van der Waals surface area contributed by atoms with Crippen molar-refractivity contribution in [3.63, 3.8) is 0 Å². The highest BCUT2D eigenvalue weighted by atomic mass is 32.1. The first-order valence-corrected chi connectivity index (χ1v) is 9.72. The normalized spacial score (nSPS) is 26.5. The van der Waals surface area contributed by atoms with Gasteiger partial charge in [0.05, 0.1) is 18.8 Å². The van der Waals surface area contributed by atoms with Crippen LogP contribution < -0.4 is 0 Å². The maximum Gasteiger partial charge on any atom is 0.254 e. The summed E-state index contributed by atoms with van der Waals surface area (Å²) in [5.41, 5.74) is 2.31. The first-order chi connectivity index (χ1) is 11.2. The fourth-order valence-electron chi connectivity index (χ4n) is 4.05. The van der Waals surface area contributed by atoms with Gasteiger partial charge in [-0.1, -0.05) is 6.92 Å². The predicted molar refractivity (Wildman–Crippen MR) is 89.8 cm³/mol. The minimum Gasteiger partial charge on any atom is -0.350 e. The Labute approximate surface area is 141 Å². The SMILES string of the molecule is CC1CCc2c(C(=O)N3CCC(C4OCCO4)CC3)csc2C1. The molecule has 1 amide bonds. The van der Waals surface area contributed by atoms with E-state index < -0.39 is 0 Å². The van der Waals surface area contributed by atoms with E-state index in [2.05, 4.69) is 12.3 Å². The number of ether oxygens (including phenoxy) is 2. The molecule has 126 valence electrons. The maximum absolute atomic E-state index is 12.9. The molecule has 2 aliphatic heterocycles. The van der Waals surface area contributed by atoms with Crippen LogP contribution in [-0.4, -0.2) is 43.4 Å². The predicted octanol–water partition coefficient (Wildman–Crippen LogP) is 3.10. The Kier molecular flexibility index (Phi) is 4.43. The quantitative estimate of drug-likeness (QED) is 0.834. The van der Waals surface area contributed by atoms with Crippen molar-refractivity contribution in [3.8, 4) is 0 Å².